The van der Waals surface area contributed by atoms with Crippen molar-refractivity contribution in [2.75, 3.05) is 26.2 Å². The number of carbonyl (C=O) groups is 2. The number of hydrogen-bond donors (Lipinski definition) is 2. The van der Waals surface area contributed by atoms with Crippen molar-refractivity contribution < 1.29 is 14.3 Å². The smallest absolute Gasteiger partial charge is 0.257 e. The van der Waals surface area contributed by atoms with Crippen LogP contribution in [0.1, 0.15) is 33.9 Å². The number of piperidine rings is 1. The van der Waals surface area contributed by atoms with Crippen molar-refractivity contribution in [3.8, 4) is 5.75 Å². The maximum Gasteiger partial charge on any atom is 0.257 e. The SMILES string of the molecule is Cc1nc(CN2CCC(CNC(=O)COc3cccc(C(N)=O)c3)CC2)cs1. The van der Waals surface area contributed by atoms with E-state index >= 15 is 0 Å². The van der Waals surface area contributed by atoms with Gasteiger partial charge in [-0.1, -0.05) is 6.07 Å². The quantitative estimate of drug-likeness (QED) is 0.703. The number of benzene rings is 1. The molecule has 0 bridgehead atoms. The number of aryl methyl sites for hydroxylation is 1. The summed E-state index contributed by atoms with van der Waals surface area (Å²) in [7, 11) is 0. The van der Waals surface area contributed by atoms with Crippen molar-refractivity contribution in [3.63, 3.8) is 0 Å². The number of nitrogens with zero attached hydrogens (tertiary/aromatic N) is 2. The first-order valence-corrected chi connectivity index (χ1v) is 10.3. The monoisotopic (exact) mass is 402 g/mol. The number of primary amides is 1. The van der Waals surface area contributed by atoms with Crippen LogP contribution in [-0.4, -0.2) is 47.9 Å². The molecule has 0 aliphatic carbocycles. The highest BCUT2D eigenvalue weighted by Crippen LogP contribution is 2.19. The minimum Gasteiger partial charge on any atom is -0.484 e. The van der Waals surface area contributed by atoms with Gasteiger partial charge in [-0.15, -0.1) is 11.3 Å². The lowest BCUT2D eigenvalue weighted by molar-refractivity contribution is -0.123. The first kappa shape index (κ1) is 20.3. The molecule has 1 saturated heterocycles. The van der Waals surface area contributed by atoms with Crippen LogP contribution in [0.2, 0.25) is 0 Å². The lowest BCUT2D eigenvalue weighted by Crippen LogP contribution is -2.39. The Hall–Kier alpha value is -2.45. The summed E-state index contributed by atoms with van der Waals surface area (Å²) in [6.45, 7) is 5.56. The average molecular weight is 403 g/mol. The molecule has 1 aromatic carbocycles. The van der Waals surface area contributed by atoms with Gasteiger partial charge < -0.3 is 15.8 Å². The van der Waals surface area contributed by atoms with Crippen LogP contribution >= 0.6 is 11.3 Å². The Kier molecular flexibility index (Phi) is 7.00. The molecule has 1 aromatic heterocycles. The number of hydrogen-bond acceptors (Lipinski definition) is 6. The zero-order valence-electron chi connectivity index (χ0n) is 16.0. The second-order valence-electron chi connectivity index (χ2n) is 7.06. The van der Waals surface area contributed by atoms with Gasteiger partial charge in [-0.05, 0) is 57.0 Å². The van der Waals surface area contributed by atoms with Gasteiger partial charge in [-0.2, -0.15) is 0 Å². The number of nitrogens with two attached hydrogens (primary N) is 1. The molecule has 3 rings (SSSR count). The normalized spacial score (nSPS) is 15.3. The third-order valence-corrected chi connectivity index (χ3v) is 5.66. The van der Waals surface area contributed by atoms with E-state index in [-0.39, 0.29) is 12.5 Å². The van der Waals surface area contributed by atoms with Crippen LogP contribution < -0.4 is 15.8 Å². The molecule has 0 unspecified atom stereocenters. The van der Waals surface area contributed by atoms with E-state index in [0.717, 1.165) is 43.2 Å². The Morgan fingerprint density at radius 3 is 2.82 bits per heavy atom. The molecule has 0 atom stereocenters. The second-order valence-corrected chi connectivity index (χ2v) is 8.12. The van der Waals surface area contributed by atoms with Gasteiger partial charge in [0.2, 0.25) is 5.91 Å². The molecule has 150 valence electrons. The minimum absolute atomic E-state index is 0.0791. The summed E-state index contributed by atoms with van der Waals surface area (Å²) in [6.07, 6.45) is 2.12. The summed E-state index contributed by atoms with van der Waals surface area (Å²) >= 11 is 1.69. The van der Waals surface area contributed by atoms with Crippen LogP contribution in [0.5, 0.6) is 5.75 Å². The highest BCUT2D eigenvalue weighted by atomic mass is 32.1. The molecular formula is C20H26N4O3S. The number of aromatic nitrogens is 1. The summed E-state index contributed by atoms with van der Waals surface area (Å²) in [5, 5.41) is 6.18. The van der Waals surface area contributed by atoms with E-state index in [1.54, 1.807) is 29.5 Å². The van der Waals surface area contributed by atoms with Crippen LogP contribution in [0, 0.1) is 12.8 Å². The van der Waals surface area contributed by atoms with E-state index in [9.17, 15) is 9.59 Å². The summed E-state index contributed by atoms with van der Waals surface area (Å²) < 4.78 is 5.45. The summed E-state index contributed by atoms with van der Waals surface area (Å²) in [5.74, 6) is 0.253. The fourth-order valence-electron chi connectivity index (χ4n) is 3.26. The van der Waals surface area contributed by atoms with E-state index in [1.807, 2.05) is 6.92 Å². The molecule has 1 aliphatic heterocycles. The number of likely N-dealkylation sites (tertiary alicyclic amines) is 1. The number of rotatable bonds is 8. The van der Waals surface area contributed by atoms with E-state index in [0.29, 0.717) is 23.8 Å². The molecule has 1 aliphatic rings. The van der Waals surface area contributed by atoms with Crippen molar-refractivity contribution >= 4 is 23.2 Å². The first-order valence-electron chi connectivity index (χ1n) is 9.42. The van der Waals surface area contributed by atoms with Crippen molar-refractivity contribution in [1.29, 1.82) is 0 Å². The van der Waals surface area contributed by atoms with Crippen LogP contribution in [0.25, 0.3) is 0 Å². The van der Waals surface area contributed by atoms with Gasteiger partial charge in [0.1, 0.15) is 5.75 Å². The molecule has 2 aromatic rings. The number of thiazole rings is 1. The Bertz CT molecular complexity index is 815. The van der Waals surface area contributed by atoms with E-state index in [1.165, 1.54) is 6.07 Å². The highest BCUT2D eigenvalue weighted by molar-refractivity contribution is 7.09. The van der Waals surface area contributed by atoms with Gasteiger partial charge in [0.15, 0.2) is 6.61 Å². The maximum atomic E-state index is 12.0. The molecule has 0 saturated carbocycles. The van der Waals surface area contributed by atoms with Crippen molar-refractivity contribution in [2.45, 2.75) is 26.3 Å². The Labute approximate surface area is 168 Å². The standard InChI is InChI=1S/C20H26N4O3S/c1-14-23-17(13-28-14)11-24-7-5-15(6-8-24)10-22-19(25)12-27-18-4-2-3-16(9-18)20(21)26/h2-4,9,13,15H,5-8,10-12H2,1H3,(H2,21,26)(H,22,25). The number of nitrogens with one attached hydrogen (secondary N) is 1. The summed E-state index contributed by atoms with van der Waals surface area (Å²) in [6, 6.07) is 6.51. The van der Waals surface area contributed by atoms with Crippen molar-refractivity contribution in [1.82, 2.24) is 15.2 Å². The molecular weight excluding hydrogens is 376 g/mol. The molecule has 2 amide bonds. The van der Waals surface area contributed by atoms with Gasteiger partial charge in [0, 0.05) is 24.0 Å². The van der Waals surface area contributed by atoms with E-state index < -0.39 is 5.91 Å². The van der Waals surface area contributed by atoms with Crippen molar-refractivity contribution in [2.24, 2.45) is 11.7 Å². The molecule has 8 heteroatoms. The fraction of sp³-hybridized carbons (Fsp3) is 0.450. The summed E-state index contributed by atoms with van der Waals surface area (Å²) in [5.41, 5.74) is 6.75. The third-order valence-electron chi connectivity index (χ3n) is 4.84. The molecule has 1 fully saturated rings. The fourth-order valence-corrected chi connectivity index (χ4v) is 3.86. The molecule has 2 heterocycles. The summed E-state index contributed by atoms with van der Waals surface area (Å²) in [4.78, 5) is 30.2. The van der Waals surface area contributed by atoms with Crippen LogP contribution in [0.4, 0.5) is 0 Å². The molecule has 3 N–H and O–H groups in total. The topological polar surface area (TPSA) is 97.6 Å². The average Bonchev–Trinajstić information content (AvgIpc) is 3.10. The van der Waals surface area contributed by atoms with E-state index in [4.69, 9.17) is 10.5 Å². The van der Waals surface area contributed by atoms with Crippen molar-refractivity contribution in [3.05, 3.63) is 45.9 Å². The van der Waals surface area contributed by atoms with Gasteiger partial charge in [-0.25, -0.2) is 4.98 Å². The lowest BCUT2D eigenvalue weighted by Gasteiger charge is -2.31. The maximum absolute atomic E-state index is 12.0. The predicted molar refractivity (Wildman–Crippen MR) is 108 cm³/mol. The Morgan fingerprint density at radius 1 is 1.36 bits per heavy atom. The second kappa shape index (κ2) is 9.66. The van der Waals surface area contributed by atoms with Gasteiger partial charge in [0.05, 0.1) is 10.7 Å². The van der Waals surface area contributed by atoms with Gasteiger partial charge in [-0.3, -0.25) is 14.5 Å². The molecule has 28 heavy (non-hydrogen) atoms. The molecule has 0 radical (unpaired) electrons. The number of ether oxygens (including phenoxy) is 1. The number of carbonyl (C=O) groups excluding carboxylic acids is 2. The highest BCUT2D eigenvalue weighted by Gasteiger charge is 2.20. The lowest BCUT2D eigenvalue weighted by atomic mass is 9.96. The third kappa shape index (κ3) is 6.03. The first-order chi connectivity index (χ1) is 13.5. The van der Waals surface area contributed by atoms with Gasteiger partial charge >= 0.3 is 0 Å². The molecule has 7 nitrogen and oxygen atoms in total. The molecule has 0 spiro atoms. The van der Waals surface area contributed by atoms with Gasteiger partial charge in [0.25, 0.3) is 5.91 Å². The van der Waals surface area contributed by atoms with Crippen LogP contribution in [0.3, 0.4) is 0 Å². The minimum atomic E-state index is -0.522. The Morgan fingerprint density at radius 2 is 2.14 bits per heavy atom. The number of amides is 2. The van der Waals surface area contributed by atoms with Crippen LogP contribution in [0.15, 0.2) is 29.6 Å². The van der Waals surface area contributed by atoms with E-state index in [2.05, 4.69) is 20.6 Å². The zero-order chi connectivity index (χ0) is 19.9. The van der Waals surface area contributed by atoms with Crippen LogP contribution in [-0.2, 0) is 11.3 Å². The Balaban J connectivity index is 1.34. The predicted octanol–water partition coefficient (Wildman–Crippen LogP) is 1.96. The largest absolute Gasteiger partial charge is 0.484 e. The zero-order valence-corrected chi connectivity index (χ0v) is 16.8.